The molecule has 0 fully saturated rings. The molecule has 1 unspecified atom stereocenters. The molecular formula is C15H12ClNO3S. The van der Waals surface area contributed by atoms with Crippen LogP contribution in [0.2, 0.25) is 5.02 Å². The smallest absolute Gasteiger partial charge is 0.198 e. The first-order valence-corrected chi connectivity index (χ1v) is 7.26. The average Bonchev–Trinajstić information content (AvgIpc) is 2.96. The highest BCUT2D eigenvalue weighted by molar-refractivity contribution is 7.12. The largest absolute Gasteiger partial charge is 0.496 e. The predicted octanol–water partition coefficient (Wildman–Crippen LogP) is 3.91. The molecule has 0 bridgehead atoms. The van der Waals surface area contributed by atoms with Crippen molar-refractivity contribution in [1.29, 1.82) is 5.26 Å². The Bertz CT molecular complexity index is 705. The highest BCUT2D eigenvalue weighted by Gasteiger charge is 2.28. The number of Topliss-reactive ketones (excluding diaryl/α,β-unsaturated/α-hetero) is 1. The van der Waals surface area contributed by atoms with Crippen molar-refractivity contribution in [2.24, 2.45) is 0 Å². The van der Waals surface area contributed by atoms with Crippen molar-refractivity contribution in [2.75, 3.05) is 14.2 Å². The standard InChI is InChI=1S/C15H12ClNO3S/c1-19-12-4-3-9(16)7-10(12)11(8-17)14(18)15-13(20-2)5-6-21-15/h3-7,11H,1-2H3. The molecule has 0 aliphatic heterocycles. The van der Waals surface area contributed by atoms with Gasteiger partial charge in [-0.2, -0.15) is 5.26 Å². The van der Waals surface area contributed by atoms with Crippen molar-refractivity contribution < 1.29 is 14.3 Å². The lowest BCUT2D eigenvalue weighted by Crippen LogP contribution is -2.12. The number of ether oxygens (including phenoxy) is 2. The molecule has 1 heterocycles. The van der Waals surface area contributed by atoms with E-state index in [-0.39, 0.29) is 5.78 Å². The highest BCUT2D eigenvalue weighted by Crippen LogP contribution is 2.35. The van der Waals surface area contributed by atoms with Gasteiger partial charge >= 0.3 is 0 Å². The van der Waals surface area contributed by atoms with E-state index in [2.05, 4.69) is 0 Å². The van der Waals surface area contributed by atoms with Gasteiger partial charge in [0.15, 0.2) is 5.78 Å². The van der Waals surface area contributed by atoms with Gasteiger partial charge in [0.25, 0.3) is 0 Å². The van der Waals surface area contributed by atoms with Crippen LogP contribution in [0.4, 0.5) is 0 Å². The first-order chi connectivity index (χ1) is 10.1. The summed E-state index contributed by atoms with van der Waals surface area (Å²) >= 11 is 7.20. The van der Waals surface area contributed by atoms with E-state index in [1.807, 2.05) is 6.07 Å². The van der Waals surface area contributed by atoms with Gasteiger partial charge in [0, 0.05) is 10.6 Å². The number of rotatable bonds is 5. The van der Waals surface area contributed by atoms with Crippen molar-refractivity contribution in [2.45, 2.75) is 5.92 Å². The van der Waals surface area contributed by atoms with Gasteiger partial charge in [-0.25, -0.2) is 0 Å². The van der Waals surface area contributed by atoms with Gasteiger partial charge in [-0.1, -0.05) is 11.6 Å². The normalized spacial score (nSPS) is 11.5. The summed E-state index contributed by atoms with van der Waals surface area (Å²) in [7, 11) is 2.97. The Kier molecular flexibility index (Phi) is 4.84. The van der Waals surface area contributed by atoms with Crippen LogP contribution in [0.25, 0.3) is 0 Å². The number of carbonyl (C=O) groups excluding carboxylic acids is 1. The third-order valence-corrected chi connectivity index (χ3v) is 4.11. The van der Waals surface area contributed by atoms with Gasteiger partial charge < -0.3 is 9.47 Å². The lowest BCUT2D eigenvalue weighted by molar-refractivity contribution is 0.0979. The number of carbonyl (C=O) groups is 1. The zero-order valence-corrected chi connectivity index (χ0v) is 13.0. The SMILES string of the molecule is COc1ccc(Cl)cc1C(C#N)C(=O)c1sccc1OC. The molecule has 0 radical (unpaired) electrons. The molecule has 0 N–H and O–H groups in total. The summed E-state index contributed by atoms with van der Waals surface area (Å²) < 4.78 is 10.4. The number of hydrogen-bond acceptors (Lipinski definition) is 5. The fourth-order valence-corrected chi connectivity index (χ4v) is 2.98. The monoisotopic (exact) mass is 321 g/mol. The molecule has 0 saturated carbocycles. The number of halogens is 1. The molecule has 6 heteroatoms. The van der Waals surface area contributed by atoms with E-state index < -0.39 is 5.92 Å². The van der Waals surface area contributed by atoms with Gasteiger partial charge in [-0.05, 0) is 29.6 Å². The van der Waals surface area contributed by atoms with Crippen molar-refractivity contribution in [3.63, 3.8) is 0 Å². The third kappa shape index (κ3) is 3.02. The fourth-order valence-electron chi connectivity index (χ4n) is 1.97. The minimum Gasteiger partial charge on any atom is -0.496 e. The van der Waals surface area contributed by atoms with Gasteiger partial charge in [-0.3, -0.25) is 4.79 Å². The van der Waals surface area contributed by atoms with Crippen LogP contribution < -0.4 is 9.47 Å². The van der Waals surface area contributed by atoms with E-state index in [0.29, 0.717) is 27.0 Å². The van der Waals surface area contributed by atoms with Gasteiger partial charge in [0.05, 0.1) is 20.3 Å². The van der Waals surface area contributed by atoms with Crippen LogP contribution in [-0.4, -0.2) is 20.0 Å². The maximum Gasteiger partial charge on any atom is 0.198 e. The van der Waals surface area contributed by atoms with Crippen LogP contribution >= 0.6 is 22.9 Å². The second kappa shape index (κ2) is 6.61. The zero-order valence-electron chi connectivity index (χ0n) is 11.4. The summed E-state index contributed by atoms with van der Waals surface area (Å²) in [5, 5.41) is 11.6. The molecule has 2 aromatic rings. The lowest BCUT2D eigenvalue weighted by Gasteiger charge is -2.13. The van der Waals surface area contributed by atoms with Crippen LogP contribution in [0.5, 0.6) is 11.5 Å². The van der Waals surface area contributed by atoms with Gasteiger partial charge in [0.2, 0.25) is 0 Å². The molecule has 0 spiro atoms. The Balaban J connectivity index is 2.48. The van der Waals surface area contributed by atoms with Crippen LogP contribution in [0.3, 0.4) is 0 Å². The second-order valence-electron chi connectivity index (χ2n) is 4.13. The summed E-state index contributed by atoms with van der Waals surface area (Å²) in [5.74, 6) is -0.405. The molecule has 1 aromatic carbocycles. The van der Waals surface area contributed by atoms with Gasteiger partial charge in [0.1, 0.15) is 22.3 Å². The third-order valence-electron chi connectivity index (χ3n) is 2.97. The van der Waals surface area contributed by atoms with Crippen molar-refractivity contribution in [3.8, 4) is 17.6 Å². The van der Waals surface area contributed by atoms with Crippen LogP contribution in [0.1, 0.15) is 21.2 Å². The summed E-state index contributed by atoms with van der Waals surface area (Å²) in [4.78, 5) is 13.0. The van der Waals surface area contributed by atoms with Crippen LogP contribution in [-0.2, 0) is 0 Å². The average molecular weight is 322 g/mol. The minimum absolute atomic E-state index is 0.329. The van der Waals surface area contributed by atoms with Crippen LogP contribution in [0.15, 0.2) is 29.6 Å². The maximum absolute atomic E-state index is 12.6. The Hall–Kier alpha value is -2.03. The molecular weight excluding hydrogens is 310 g/mol. The maximum atomic E-state index is 12.6. The second-order valence-corrected chi connectivity index (χ2v) is 5.48. The number of benzene rings is 1. The Morgan fingerprint density at radius 3 is 2.62 bits per heavy atom. The lowest BCUT2D eigenvalue weighted by atomic mass is 9.94. The molecule has 2 rings (SSSR count). The highest BCUT2D eigenvalue weighted by atomic mass is 35.5. The molecule has 0 aliphatic rings. The van der Waals surface area contributed by atoms with Crippen molar-refractivity contribution in [1.82, 2.24) is 0 Å². The topological polar surface area (TPSA) is 59.3 Å². The number of methoxy groups -OCH3 is 2. The summed E-state index contributed by atoms with van der Waals surface area (Å²) in [5.41, 5.74) is 0.452. The molecule has 1 aromatic heterocycles. The fraction of sp³-hybridized carbons (Fsp3) is 0.200. The summed E-state index contributed by atoms with van der Waals surface area (Å²) in [6, 6.07) is 8.58. The Morgan fingerprint density at radius 1 is 1.29 bits per heavy atom. The van der Waals surface area contributed by atoms with E-state index in [0.717, 1.165) is 0 Å². The first kappa shape index (κ1) is 15.4. The van der Waals surface area contributed by atoms with E-state index in [4.69, 9.17) is 21.1 Å². The molecule has 21 heavy (non-hydrogen) atoms. The zero-order chi connectivity index (χ0) is 15.4. The molecule has 108 valence electrons. The molecule has 0 amide bonds. The van der Waals surface area contributed by atoms with Gasteiger partial charge in [-0.15, -0.1) is 11.3 Å². The number of thiophene rings is 1. The number of hydrogen-bond donors (Lipinski definition) is 0. The molecule has 0 saturated heterocycles. The predicted molar refractivity (Wildman–Crippen MR) is 81.6 cm³/mol. The molecule has 4 nitrogen and oxygen atoms in total. The summed E-state index contributed by atoms with van der Waals surface area (Å²) in [6.45, 7) is 0. The summed E-state index contributed by atoms with van der Waals surface area (Å²) in [6.07, 6.45) is 0. The quantitative estimate of drug-likeness (QED) is 0.783. The molecule has 0 aliphatic carbocycles. The first-order valence-electron chi connectivity index (χ1n) is 6.01. The Morgan fingerprint density at radius 2 is 2.00 bits per heavy atom. The van der Waals surface area contributed by atoms with Crippen LogP contribution in [0, 0.1) is 11.3 Å². The minimum atomic E-state index is -0.994. The van der Waals surface area contributed by atoms with Crippen molar-refractivity contribution in [3.05, 3.63) is 45.1 Å². The number of nitrogens with zero attached hydrogens (tertiary/aromatic N) is 1. The van der Waals surface area contributed by atoms with E-state index in [1.54, 1.807) is 29.6 Å². The molecule has 1 atom stereocenters. The number of ketones is 1. The number of nitriles is 1. The van der Waals surface area contributed by atoms with Crippen molar-refractivity contribution >= 4 is 28.7 Å². The van der Waals surface area contributed by atoms with E-state index in [9.17, 15) is 10.1 Å². The van der Waals surface area contributed by atoms with E-state index >= 15 is 0 Å². The van der Waals surface area contributed by atoms with E-state index in [1.165, 1.54) is 25.6 Å². The Labute approximate surface area is 131 Å².